The molecule has 6 heteroatoms. The second-order valence-electron chi connectivity index (χ2n) is 4.72. The van der Waals surface area contributed by atoms with Crippen LogP contribution >= 0.6 is 11.6 Å². The molecule has 0 N–H and O–H groups in total. The van der Waals surface area contributed by atoms with Crippen LogP contribution in [0.15, 0.2) is 22.9 Å². The SMILES string of the molecule is CCCOc1c(Cl)cc(/C=C2/C(=O)ON=C2C)cc1OCC. The van der Waals surface area contributed by atoms with Gasteiger partial charge in [-0.05, 0) is 44.0 Å². The summed E-state index contributed by atoms with van der Waals surface area (Å²) in [5, 5.41) is 4.08. The van der Waals surface area contributed by atoms with E-state index in [4.69, 9.17) is 21.1 Å². The molecule has 1 heterocycles. The summed E-state index contributed by atoms with van der Waals surface area (Å²) in [4.78, 5) is 16.2. The van der Waals surface area contributed by atoms with Crippen molar-refractivity contribution >= 4 is 29.4 Å². The zero-order chi connectivity index (χ0) is 16.1. The van der Waals surface area contributed by atoms with E-state index in [2.05, 4.69) is 9.99 Å². The van der Waals surface area contributed by atoms with E-state index in [1.54, 1.807) is 25.1 Å². The van der Waals surface area contributed by atoms with Crippen molar-refractivity contribution in [1.82, 2.24) is 0 Å². The van der Waals surface area contributed by atoms with Gasteiger partial charge in [0.15, 0.2) is 11.5 Å². The van der Waals surface area contributed by atoms with E-state index in [-0.39, 0.29) is 0 Å². The van der Waals surface area contributed by atoms with E-state index in [0.717, 1.165) is 12.0 Å². The number of rotatable bonds is 6. The zero-order valence-corrected chi connectivity index (χ0v) is 13.6. The lowest BCUT2D eigenvalue weighted by atomic mass is 10.1. The number of halogens is 1. The number of carbonyl (C=O) groups is 1. The average Bonchev–Trinajstić information content (AvgIpc) is 2.79. The van der Waals surface area contributed by atoms with Crippen LogP contribution in [0.25, 0.3) is 6.08 Å². The maximum absolute atomic E-state index is 11.6. The largest absolute Gasteiger partial charge is 0.490 e. The van der Waals surface area contributed by atoms with E-state index < -0.39 is 5.97 Å². The summed E-state index contributed by atoms with van der Waals surface area (Å²) < 4.78 is 11.2. The molecule has 1 aromatic carbocycles. The van der Waals surface area contributed by atoms with Gasteiger partial charge in [0.2, 0.25) is 0 Å². The summed E-state index contributed by atoms with van der Waals surface area (Å²) >= 11 is 6.28. The standard InChI is InChI=1S/C16H18ClNO4/c1-4-6-21-15-13(17)8-11(9-14(15)20-5-2)7-12-10(3)18-22-16(12)19/h7-9H,4-6H2,1-3H3/b12-7+. The molecule has 0 fully saturated rings. The minimum absolute atomic E-state index is 0.403. The van der Waals surface area contributed by atoms with Gasteiger partial charge < -0.3 is 14.3 Å². The van der Waals surface area contributed by atoms with E-state index in [1.165, 1.54) is 0 Å². The number of hydrogen-bond donors (Lipinski definition) is 0. The monoisotopic (exact) mass is 323 g/mol. The minimum atomic E-state index is -0.474. The first-order valence-electron chi connectivity index (χ1n) is 7.14. The van der Waals surface area contributed by atoms with Crippen LogP contribution in [0.2, 0.25) is 5.02 Å². The van der Waals surface area contributed by atoms with E-state index >= 15 is 0 Å². The lowest BCUT2D eigenvalue weighted by molar-refractivity contribution is -0.136. The molecule has 22 heavy (non-hydrogen) atoms. The predicted octanol–water partition coefficient (Wildman–Crippen LogP) is 3.84. The molecule has 0 unspecified atom stereocenters. The molecule has 0 saturated heterocycles. The van der Waals surface area contributed by atoms with Gasteiger partial charge >= 0.3 is 5.97 Å². The van der Waals surface area contributed by atoms with E-state index in [9.17, 15) is 4.79 Å². The summed E-state index contributed by atoms with van der Waals surface area (Å²) in [6.07, 6.45) is 2.54. The molecule has 2 rings (SSSR count). The highest BCUT2D eigenvalue weighted by Crippen LogP contribution is 2.37. The first kappa shape index (κ1) is 16.4. The van der Waals surface area contributed by atoms with Crippen LogP contribution in [0, 0.1) is 0 Å². The Labute approximate surface area is 134 Å². The molecule has 1 aliphatic heterocycles. The van der Waals surface area contributed by atoms with Gasteiger partial charge in [0.25, 0.3) is 0 Å². The molecule has 0 aromatic heterocycles. The molecule has 118 valence electrons. The highest BCUT2D eigenvalue weighted by atomic mass is 35.5. The number of carbonyl (C=O) groups excluding carboxylic acids is 1. The van der Waals surface area contributed by atoms with Crippen LogP contribution in [0.1, 0.15) is 32.8 Å². The third-order valence-electron chi connectivity index (χ3n) is 2.97. The number of nitrogens with zero attached hydrogens (tertiary/aromatic N) is 1. The Morgan fingerprint density at radius 2 is 2.09 bits per heavy atom. The molecular formula is C16H18ClNO4. The van der Waals surface area contributed by atoms with Crippen molar-refractivity contribution in [2.75, 3.05) is 13.2 Å². The first-order chi connectivity index (χ1) is 10.6. The normalized spacial score (nSPS) is 15.7. The van der Waals surface area contributed by atoms with Crippen molar-refractivity contribution in [2.24, 2.45) is 5.16 Å². The van der Waals surface area contributed by atoms with Gasteiger partial charge in [-0.1, -0.05) is 23.7 Å². The predicted molar refractivity (Wildman–Crippen MR) is 85.6 cm³/mol. The molecule has 1 aliphatic rings. The van der Waals surface area contributed by atoms with Crippen molar-refractivity contribution in [1.29, 1.82) is 0 Å². The lowest BCUT2D eigenvalue weighted by Gasteiger charge is -2.14. The fourth-order valence-electron chi connectivity index (χ4n) is 1.96. The van der Waals surface area contributed by atoms with Gasteiger partial charge in [0.05, 0.1) is 29.5 Å². The summed E-state index contributed by atoms with van der Waals surface area (Å²) in [5.74, 6) is 0.598. The van der Waals surface area contributed by atoms with Gasteiger partial charge in [-0.15, -0.1) is 0 Å². The highest BCUT2D eigenvalue weighted by molar-refractivity contribution is 6.32. The maximum atomic E-state index is 11.6. The lowest BCUT2D eigenvalue weighted by Crippen LogP contribution is -2.03. The van der Waals surface area contributed by atoms with Gasteiger partial charge in [-0.2, -0.15) is 0 Å². The molecule has 5 nitrogen and oxygen atoms in total. The van der Waals surface area contributed by atoms with Gasteiger partial charge in [-0.3, -0.25) is 0 Å². The summed E-state index contributed by atoms with van der Waals surface area (Å²) in [6, 6.07) is 3.51. The minimum Gasteiger partial charge on any atom is -0.490 e. The molecular weight excluding hydrogens is 306 g/mol. The van der Waals surface area contributed by atoms with Crippen molar-refractivity contribution in [3.63, 3.8) is 0 Å². The average molecular weight is 324 g/mol. The molecule has 0 atom stereocenters. The molecule has 0 spiro atoms. The summed E-state index contributed by atoms with van der Waals surface area (Å²) in [5.41, 5.74) is 1.66. The Balaban J connectivity index is 2.40. The molecule has 0 saturated carbocycles. The smallest absolute Gasteiger partial charge is 0.367 e. The molecule has 0 amide bonds. The number of hydrogen-bond acceptors (Lipinski definition) is 5. The Kier molecular flexibility index (Phi) is 5.44. The Morgan fingerprint density at radius 1 is 1.32 bits per heavy atom. The Hall–Kier alpha value is -2.01. The summed E-state index contributed by atoms with van der Waals surface area (Å²) in [6.45, 7) is 6.65. The second-order valence-corrected chi connectivity index (χ2v) is 5.13. The Morgan fingerprint density at radius 3 is 2.68 bits per heavy atom. The van der Waals surface area contributed by atoms with E-state index in [0.29, 0.717) is 41.0 Å². The summed E-state index contributed by atoms with van der Waals surface area (Å²) in [7, 11) is 0. The van der Waals surface area contributed by atoms with Crippen molar-refractivity contribution in [2.45, 2.75) is 27.2 Å². The Bertz CT molecular complexity index is 637. The third kappa shape index (κ3) is 3.60. The van der Waals surface area contributed by atoms with Gasteiger partial charge in [-0.25, -0.2) is 4.79 Å². The molecule has 0 bridgehead atoms. The molecule has 1 aromatic rings. The van der Waals surface area contributed by atoms with E-state index in [1.807, 2.05) is 13.8 Å². The van der Waals surface area contributed by atoms with Crippen molar-refractivity contribution in [3.8, 4) is 11.5 Å². The van der Waals surface area contributed by atoms with Gasteiger partial charge in [0, 0.05) is 0 Å². The number of benzene rings is 1. The van der Waals surface area contributed by atoms with Crippen LogP contribution in [-0.2, 0) is 9.63 Å². The topological polar surface area (TPSA) is 57.1 Å². The zero-order valence-electron chi connectivity index (χ0n) is 12.8. The third-order valence-corrected chi connectivity index (χ3v) is 3.25. The van der Waals surface area contributed by atoms with Crippen LogP contribution in [0.3, 0.4) is 0 Å². The molecule has 0 radical (unpaired) electrons. The maximum Gasteiger partial charge on any atom is 0.367 e. The van der Waals surface area contributed by atoms with Crippen LogP contribution in [-0.4, -0.2) is 24.9 Å². The van der Waals surface area contributed by atoms with Crippen LogP contribution in [0.4, 0.5) is 0 Å². The number of oxime groups is 1. The second kappa shape index (κ2) is 7.31. The quantitative estimate of drug-likeness (QED) is 0.589. The van der Waals surface area contributed by atoms with Crippen LogP contribution < -0.4 is 9.47 Å². The van der Waals surface area contributed by atoms with Gasteiger partial charge in [0.1, 0.15) is 0 Å². The van der Waals surface area contributed by atoms with Crippen LogP contribution in [0.5, 0.6) is 11.5 Å². The number of ether oxygens (including phenoxy) is 2. The van der Waals surface area contributed by atoms with Crippen molar-refractivity contribution < 1.29 is 19.1 Å². The molecule has 0 aliphatic carbocycles. The van der Waals surface area contributed by atoms with Crippen molar-refractivity contribution in [3.05, 3.63) is 28.3 Å². The first-order valence-corrected chi connectivity index (χ1v) is 7.51. The highest BCUT2D eigenvalue weighted by Gasteiger charge is 2.22. The fraction of sp³-hybridized carbons (Fsp3) is 0.375. The fourth-order valence-corrected chi connectivity index (χ4v) is 2.24.